The topological polar surface area (TPSA) is 36.7 Å². The van der Waals surface area contributed by atoms with Crippen LogP contribution in [0.3, 0.4) is 0 Å². The van der Waals surface area contributed by atoms with E-state index in [1.165, 1.54) is 11.5 Å². The number of hydrogen-bond donors (Lipinski definition) is 0. The molecule has 12 heavy (non-hydrogen) atoms. The third-order valence-corrected chi connectivity index (χ3v) is 2.51. The first kappa shape index (κ1) is 9.50. The van der Waals surface area contributed by atoms with Crippen molar-refractivity contribution >= 4 is 23.1 Å². The summed E-state index contributed by atoms with van der Waals surface area (Å²) in [5.74, 6) is 0. The molecule has 0 radical (unpaired) electrons. The summed E-state index contributed by atoms with van der Waals surface area (Å²) in [6.07, 6.45) is 0. The van der Waals surface area contributed by atoms with Crippen LogP contribution in [0.5, 0.6) is 0 Å². The first-order chi connectivity index (χ1) is 5.46. The van der Waals surface area contributed by atoms with Gasteiger partial charge in [-0.05, 0) is 11.5 Å². The van der Waals surface area contributed by atoms with Gasteiger partial charge in [-0.3, -0.25) is 0 Å². The van der Waals surface area contributed by atoms with Gasteiger partial charge in [-0.25, -0.2) is 0 Å². The Labute approximate surface area is 81.0 Å². The van der Waals surface area contributed by atoms with Crippen LogP contribution in [-0.2, 0) is 5.41 Å². The molecule has 0 aliphatic heterocycles. The average molecular weight is 201 g/mol. The van der Waals surface area contributed by atoms with Crippen LogP contribution in [0.4, 0.5) is 0 Å². The van der Waals surface area contributed by atoms with Gasteiger partial charge in [0.15, 0.2) is 0 Å². The van der Waals surface area contributed by atoms with E-state index >= 15 is 0 Å². The van der Waals surface area contributed by atoms with Gasteiger partial charge in [0.2, 0.25) is 0 Å². The second-order valence-electron chi connectivity index (χ2n) is 3.54. The lowest BCUT2D eigenvalue weighted by Crippen LogP contribution is -2.13. The zero-order valence-electron chi connectivity index (χ0n) is 7.18. The standard InChI is InChI=1S/C8H9ClN2S/c1-8(2,3)6-5(4-10)7(9)12-11-6/h1-3H3. The van der Waals surface area contributed by atoms with E-state index < -0.39 is 0 Å². The molecule has 0 atom stereocenters. The number of halogens is 1. The minimum Gasteiger partial charge on any atom is -0.194 e. The van der Waals surface area contributed by atoms with Crippen molar-refractivity contribution in [3.8, 4) is 6.07 Å². The van der Waals surface area contributed by atoms with Crippen molar-refractivity contribution in [2.45, 2.75) is 26.2 Å². The summed E-state index contributed by atoms with van der Waals surface area (Å²) in [4.78, 5) is 0. The van der Waals surface area contributed by atoms with Crippen LogP contribution in [0.15, 0.2) is 0 Å². The highest BCUT2D eigenvalue weighted by atomic mass is 35.5. The molecule has 0 unspecified atom stereocenters. The molecule has 64 valence electrons. The Morgan fingerprint density at radius 2 is 2.08 bits per heavy atom. The second kappa shape index (κ2) is 3.04. The zero-order valence-corrected chi connectivity index (χ0v) is 8.75. The minimum atomic E-state index is -0.102. The van der Waals surface area contributed by atoms with Gasteiger partial charge >= 0.3 is 0 Å². The van der Waals surface area contributed by atoms with Crippen LogP contribution in [0.25, 0.3) is 0 Å². The highest BCUT2D eigenvalue weighted by molar-refractivity contribution is 7.10. The highest BCUT2D eigenvalue weighted by Crippen LogP contribution is 2.31. The van der Waals surface area contributed by atoms with Gasteiger partial charge in [0.1, 0.15) is 16.0 Å². The Hall–Kier alpha value is -0.590. The molecule has 0 N–H and O–H groups in total. The molecule has 4 heteroatoms. The van der Waals surface area contributed by atoms with E-state index in [0.717, 1.165) is 5.69 Å². The van der Waals surface area contributed by atoms with Gasteiger partial charge in [-0.15, -0.1) is 0 Å². The predicted molar refractivity (Wildman–Crippen MR) is 50.5 cm³/mol. The summed E-state index contributed by atoms with van der Waals surface area (Å²) in [5, 5.41) is 8.78. The minimum absolute atomic E-state index is 0.102. The van der Waals surface area contributed by atoms with E-state index in [9.17, 15) is 0 Å². The summed E-state index contributed by atoms with van der Waals surface area (Å²) < 4.78 is 4.63. The van der Waals surface area contributed by atoms with Crippen LogP contribution >= 0.6 is 23.1 Å². The first-order valence-corrected chi connectivity index (χ1v) is 4.67. The largest absolute Gasteiger partial charge is 0.194 e. The molecular formula is C8H9ClN2S. The Morgan fingerprint density at radius 3 is 2.42 bits per heavy atom. The summed E-state index contributed by atoms with van der Waals surface area (Å²) in [5.41, 5.74) is 1.21. The smallest absolute Gasteiger partial charge is 0.132 e. The van der Waals surface area contributed by atoms with Gasteiger partial charge in [0, 0.05) is 5.41 Å². The maximum Gasteiger partial charge on any atom is 0.132 e. The summed E-state index contributed by atoms with van der Waals surface area (Å²) >= 11 is 6.96. The monoisotopic (exact) mass is 200 g/mol. The summed E-state index contributed by atoms with van der Waals surface area (Å²) in [6, 6.07) is 2.07. The molecule has 0 aromatic carbocycles. The van der Waals surface area contributed by atoms with Gasteiger partial charge in [-0.1, -0.05) is 32.4 Å². The van der Waals surface area contributed by atoms with Crippen LogP contribution in [0, 0.1) is 11.3 Å². The quantitative estimate of drug-likeness (QED) is 0.646. The van der Waals surface area contributed by atoms with Gasteiger partial charge in [-0.2, -0.15) is 9.64 Å². The predicted octanol–water partition coefficient (Wildman–Crippen LogP) is 2.97. The van der Waals surface area contributed by atoms with E-state index in [1.54, 1.807) is 0 Å². The molecule has 0 aliphatic rings. The van der Waals surface area contributed by atoms with Crippen molar-refractivity contribution in [3.63, 3.8) is 0 Å². The summed E-state index contributed by atoms with van der Waals surface area (Å²) in [7, 11) is 0. The van der Waals surface area contributed by atoms with Crippen molar-refractivity contribution in [3.05, 3.63) is 15.6 Å². The number of nitriles is 1. The molecule has 0 saturated heterocycles. The van der Waals surface area contributed by atoms with Crippen LogP contribution in [0.1, 0.15) is 32.0 Å². The molecule has 1 aromatic rings. The number of rotatable bonds is 0. The lowest BCUT2D eigenvalue weighted by molar-refractivity contribution is 0.574. The molecule has 0 fully saturated rings. The van der Waals surface area contributed by atoms with E-state index in [-0.39, 0.29) is 5.41 Å². The maximum absolute atomic E-state index is 8.78. The lowest BCUT2D eigenvalue weighted by Gasteiger charge is -2.14. The Kier molecular flexibility index (Phi) is 2.41. The van der Waals surface area contributed by atoms with Crippen molar-refractivity contribution in [2.75, 3.05) is 0 Å². The van der Waals surface area contributed by atoms with Crippen LogP contribution in [-0.4, -0.2) is 4.37 Å². The van der Waals surface area contributed by atoms with E-state index in [2.05, 4.69) is 10.4 Å². The summed E-state index contributed by atoms with van der Waals surface area (Å²) in [6.45, 7) is 6.04. The molecule has 2 nitrogen and oxygen atoms in total. The molecule has 0 aliphatic carbocycles. The van der Waals surface area contributed by atoms with Gasteiger partial charge in [0.05, 0.1) is 5.69 Å². The fourth-order valence-electron chi connectivity index (χ4n) is 0.879. The molecule has 0 bridgehead atoms. The van der Waals surface area contributed by atoms with Crippen LogP contribution < -0.4 is 0 Å². The second-order valence-corrected chi connectivity index (χ2v) is 4.92. The van der Waals surface area contributed by atoms with E-state index in [1.807, 2.05) is 20.8 Å². The third-order valence-electron chi connectivity index (χ3n) is 1.47. The van der Waals surface area contributed by atoms with Gasteiger partial charge < -0.3 is 0 Å². The Morgan fingerprint density at radius 1 is 1.50 bits per heavy atom. The van der Waals surface area contributed by atoms with Crippen LogP contribution in [0.2, 0.25) is 4.34 Å². The number of aromatic nitrogens is 1. The molecule has 0 amide bonds. The zero-order chi connectivity index (χ0) is 9.35. The van der Waals surface area contributed by atoms with Crippen molar-refractivity contribution in [2.24, 2.45) is 0 Å². The fraction of sp³-hybridized carbons (Fsp3) is 0.500. The third kappa shape index (κ3) is 1.60. The Bertz CT molecular complexity index is 330. The fourth-order valence-corrected chi connectivity index (χ4v) is 1.88. The molecule has 1 aromatic heterocycles. The normalized spacial score (nSPS) is 11.2. The molecule has 1 heterocycles. The van der Waals surface area contributed by atoms with Crippen molar-refractivity contribution < 1.29 is 0 Å². The van der Waals surface area contributed by atoms with E-state index in [0.29, 0.717) is 9.90 Å². The van der Waals surface area contributed by atoms with Gasteiger partial charge in [0.25, 0.3) is 0 Å². The molecular weight excluding hydrogens is 192 g/mol. The number of nitrogens with zero attached hydrogens (tertiary/aromatic N) is 2. The lowest BCUT2D eigenvalue weighted by atomic mass is 9.90. The maximum atomic E-state index is 8.78. The highest BCUT2D eigenvalue weighted by Gasteiger charge is 2.23. The SMILES string of the molecule is CC(C)(C)c1nsc(Cl)c1C#N. The molecule has 1 rings (SSSR count). The van der Waals surface area contributed by atoms with Crippen molar-refractivity contribution in [1.82, 2.24) is 4.37 Å². The first-order valence-electron chi connectivity index (χ1n) is 3.52. The molecule has 0 spiro atoms. The molecule has 0 saturated carbocycles. The van der Waals surface area contributed by atoms with E-state index in [4.69, 9.17) is 16.9 Å². The number of hydrogen-bond acceptors (Lipinski definition) is 3. The van der Waals surface area contributed by atoms with Crippen molar-refractivity contribution in [1.29, 1.82) is 5.26 Å². The average Bonchev–Trinajstić information content (AvgIpc) is 2.29. The Balaban J connectivity index is 3.28.